The van der Waals surface area contributed by atoms with Gasteiger partial charge in [-0.15, -0.1) is 11.3 Å². The van der Waals surface area contributed by atoms with E-state index >= 15 is 0 Å². The van der Waals surface area contributed by atoms with Crippen LogP contribution in [0.25, 0.3) is 0 Å². The number of thiophene rings is 1. The molecule has 0 bridgehead atoms. The van der Waals surface area contributed by atoms with E-state index in [-0.39, 0.29) is 5.54 Å². The number of aryl methyl sites for hydroxylation is 1. The van der Waals surface area contributed by atoms with Crippen LogP contribution in [0.15, 0.2) is 24.7 Å². The monoisotopic (exact) mass is 263 g/mol. The summed E-state index contributed by atoms with van der Waals surface area (Å²) in [6.45, 7) is 7.45. The number of nitrogens with zero attached hydrogens (tertiary/aromatic N) is 2. The molecule has 98 valence electrons. The summed E-state index contributed by atoms with van der Waals surface area (Å²) in [5.41, 5.74) is 1.16. The lowest BCUT2D eigenvalue weighted by Gasteiger charge is -2.25. The maximum atomic E-state index is 4.29. The van der Waals surface area contributed by atoms with Gasteiger partial charge in [-0.3, -0.25) is 0 Å². The SMILES string of the molecule is CCc1ccc(Cn2cncc2C(C)(C)NC)s1. The van der Waals surface area contributed by atoms with Gasteiger partial charge >= 0.3 is 0 Å². The molecule has 0 aromatic carbocycles. The summed E-state index contributed by atoms with van der Waals surface area (Å²) >= 11 is 1.89. The first-order valence-corrected chi connectivity index (χ1v) is 7.15. The van der Waals surface area contributed by atoms with Crippen molar-refractivity contribution in [1.29, 1.82) is 0 Å². The van der Waals surface area contributed by atoms with Gasteiger partial charge in [0, 0.05) is 9.75 Å². The third kappa shape index (κ3) is 2.65. The molecule has 1 N–H and O–H groups in total. The molecule has 0 saturated carbocycles. The first-order chi connectivity index (χ1) is 8.56. The first-order valence-electron chi connectivity index (χ1n) is 6.34. The van der Waals surface area contributed by atoms with E-state index in [1.807, 2.05) is 30.9 Å². The van der Waals surface area contributed by atoms with E-state index < -0.39 is 0 Å². The van der Waals surface area contributed by atoms with Crippen molar-refractivity contribution in [2.24, 2.45) is 0 Å². The predicted octanol–water partition coefficient (Wildman–Crippen LogP) is 3.01. The Morgan fingerprint density at radius 1 is 1.33 bits per heavy atom. The third-order valence-electron chi connectivity index (χ3n) is 3.37. The van der Waals surface area contributed by atoms with Crippen LogP contribution < -0.4 is 5.32 Å². The van der Waals surface area contributed by atoms with Gasteiger partial charge in [-0.25, -0.2) is 4.98 Å². The first kappa shape index (κ1) is 13.3. The van der Waals surface area contributed by atoms with Gasteiger partial charge < -0.3 is 9.88 Å². The lowest BCUT2D eigenvalue weighted by atomic mass is 10.0. The van der Waals surface area contributed by atoms with Crippen molar-refractivity contribution in [2.75, 3.05) is 7.05 Å². The highest BCUT2D eigenvalue weighted by atomic mass is 32.1. The summed E-state index contributed by atoms with van der Waals surface area (Å²) in [4.78, 5) is 7.12. The fourth-order valence-corrected chi connectivity index (χ4v) is 2.92. The lowest BCUT2D eigenvalue weighted by molar-refractivity contribution is 0.414. The zero-order chi connectivity index (χ0) is 13.2. The average molecular weight is 263 g/mol. The fraction of sp³-hybridized carbons (Fsp3) is 0.500. The van der Waals surface area contributed by atoms with Gasteiger partial charge in [-0.2, -0.15) is 0 Å². The van der Waals surface area contributed by atoms with Crippen molar-refractivity contribution in [3.8, 4) is 0 Å². The number of hydrogen-bond acceptors (Lipinski definition) is 3. The van der Waals surface area contributed by atoms with Crippen LogP contribution in [0, 0.1) is 0 Å². The molecule has 0 fully saturated rings. The van der Waals surface area contributed by atoms with Gasteiger partial charge in [0.15, 0.2) is 0 Å². The summed E-state index contributed by atoms with van der Waals surface area (Å²) in [5.74, 6) is 0. The Bertz CT molecular complexity index is 511. The lowest BCUT2D eigenvalue weighted by Crippen LogP contribution is -2.35. The zero-order valence-corrected chi connectivity index (χ0v) is 12.3. The number of nitrogens with one attached hydrogen (secondary N) is 1. The van der Waals surface area contributed by atoms with Gasteiger partial charge in [0.2, 0.25) is 0 Å². The standard InChI is InChI=1S/C14H21N3S/c1-5-11-6-7-12(18-11)9-17-10-16-8-13(17)14(2,3)15-4/h6-8,10,15H,5,9H2,1-4H3. The Morgan fingerprint density at radius 3 is 2.67 bits per heavy atom. The Labute approximate surface area is 113 Å². The molecule has 0 unspecified atom stereocenters. The second kappa shape index (κ2) is 5.24. The van der Waals surface area contributed by atoms with E-state index in [0.29, 0.717) is 0 Å². The minimum atomic E-state index is -0.0542. The molecule has 3 nitrogen and oxygen atoms in total. The van der Waals surface area contributed by atoms with Crippen LogP contribution in [0.3, 0.4) is 0 Å². The van der Waals surface area contributed by atoms with Gasteiger partial charge in [0.1, 0.15) is 0 Å². The van der Waals surface area contributed by atoms with Crippen LogP contribution in [0.4, 0.5) is 0 Å². The summed E-state index contributed by atoms with van der Waals surface area (Å²) in [6, 6.07) is 4.44. The molecule has 4 heteroatoms. The van der Waals surface area contributed by atoms with Crippen LogP contribution in [-0.2, 0) is 18.5 Å². The second-order valence-electron chi connectivity index (χ2n) is 5.00. The molecule has 0 atom stereocenters. The van der Waals surface area contributed by atoms with E-state index in [9.17, 15) is 0 Å². The number of rotatable bonds is 5. The third-order valence-corrected chi connectivity index (χ3v) is 4.58. The molecule has 2 rings (SSSR count). The second-order valence-corrected chi connectivity index (χ2v) is 6.26. The van der Waals surface area contributed by atoms with Crippen LogP contribution >= 0.6 is 11.3 Å². The Morgan fingerprint density at radius 2 is 2.06 bits per heavy atom. The predicted molar refractivity (Wildman–Crippen MR) is 77.1 cm³/mol. The molecule has 0 saturated heterocycles. The molecule has 0 radical (unpaired) electrons. The topological polar surface area (TPSA) is 29.9 Å². The van der Waals surface area contributed by atoms with Crippen LogP contribution in [-0.4, -0.2) is 16.6 Å². The van der Waals surface area contributed by atoms with E-state index in [2.05, 4.69) is 47.8 Å². The molecule has 2 heterocycles. The zero-order valence-electron chi connectivity index (χ0n) is 11.5. The number of hydrogen-bond donors (Lipinski definition) is 1. The molecule has 18 heavy (non-hydrogen) atoms. The highest BCUT2D eigenvalue weighted by molar-refractivity contribution is 7.11. The normalized spacial score (nSPS) is 12.0. The minimum absolute atomic E-state index is 0.0542. The molecule has 2 aromatic rings. The van der Waals surface area contributed by atoms with Crippen molar-refractivity contribution >= 4 is 11.3 Å². The molecule has 0 amide bonds. The highest BCUT2D eigenvalue weighted by Gasteiger charge is 2.22. The van der Waals surface area contributed by atoms with E-state index in [0.717, 1.165) is 13.0 Å². The number of aromatic nitrogens is 2. The van der Waals surface area contributed by atoms with E-state index in [1.165, 1.54) is 15.4 Å². The quantitative estimate of drug-likeness (QED) is 0.898. The molecule has 0 spiro atoms. The molecule has 0 aliphatic rings. The van der Waals surface area contributed by atoms with E-state index in [4.69, 9.17) is 0 Å². The van der Waals surface area contributed by atoms with Crippen molar-refractivity contribution in [1.82, 2.24) is 14.9 Å². The van der Waals surface area contributed by atoms with Gasteiger partial charge in [-0.05, 0) is 39.4 Å². The summed E-state index contributed by atoms with van der Waals surface area (Å²) in [5, 5.41) is 3.33. The Hall–Kier alpha value is -1.13. The van der Waals surface area contributed by atoms with Crippen LogP contribution in [0.2, 0.25) is 0 Å². The summed E-state index contributed by atoms with van der Waals surface area (Å²) < 4.78 is 2.22. The van der Waals surface area contributed by atoms with Crippen LogP contribution in [0.1, 0.15) is 36.2 Å². The molecule has 0 aliphatic heterocycles. The average Bonchev–Trinajstić information content (AvgIpc) is 2.98. The van der Waals surface area contributed by atoms with Crippen molar-refractivity contribution in [3.05, 3.63) is 40.1 Å². The Kier molecular flexibility index (Phi) is 3.88. The number of imidazole rings is 1. The summed E-state index contributed by atoms with van der Waals surface area (Å²) in [7, 11) is 1.98. The highest BCUT2D eigenvalue weighted by Crippen LogP contribution is 2.23. The van der Waals surface area contributed by atoms with Crippen LogP contribution in [0.5, 0.6) is 0 Å². The van der Waals surface area contributed by atoms with Crippen molar-refractivity contribution < 1.29 is 0 Å². The summed E-state index contributed by atoms with van der Waals surface area (Å²) in [6.07, 6.45) is 4.98. The van der Waals surface area contributed by atoms with Gasteiger partial charge in [0.25, 0.3) is 0 Å². The fourth-order valence-electron chi connectivity index (χ4n) is 1.96. The Balaban J connectivity index is 2.22. The maximum absolute atomic E-state index is 4.29. The van der Waals surface area contributed by atoms with Gasteiger partial charge in [0.05, 0.1) is 30.3 Å². The van der Waals surface area contributed by atoms with Gasteiger partial charge in [-0.1, -0.05) is 6.92 Å². The van der Waals surface area contributed by atoms with E-state index in [1.54, 1.807) is 0 Å². The largest absolute Gasteiger partial charge is 0.328 e. The van der Waals surface area contributed by atoms with Crippen molar-refractivity contribution in [2.45, 2.75) is 39.3 Å². The maximum Gasteiger partial charge on any atom is 0.0952 e. The minimum Gasteiger partial charge on any atom is -0.328 e. The molecular weight excluding hydrogens is 242 g/mol. The molecule has 0 aliphatic carbocycles. The van der Waals surface area contributed by atoms with Crippen molar-refractivity contribution in [3.63, 3.8) is 0 Å². The molecule has 2 aromatic heterocycles. The smallest absolute Gasteiger partial charge is 0.0952 e. The molecular formula is C14H21N3S.